The molecule has 0 unspecified atom stereocenters. The zero-order chi connectivity index (χ0) is 12.7. The van der Waals surface area contributed by atoms with E-state index in [1.807, 2.05) is 6.92 Å². The van der Waals surface area contributed by atoms with Gasteiger partial charge in [-0.2, -0.15) is 0 Å². The number of anilines is 1. The predicted molar refractivity (Wildman–Crippen MR) is 69.9 cm³/mol. The first-order chi connectivity index (χ1) is 8.03. The van der Waals surface area contributed by atoms with Gasteiger partial charge in [-0.25, -0.2) is 8.42 Å². The number of rotatable bonds is 7. The molecule has 96 valence electrons. The molecular formula is C12H19NO3S. The topological polar surface area (TPSA) is 69.4 Å². The largest absolute Gasteiger partial charge is 0.493 e. The molecule has 1 rings (SSSR count). The van der Waals surface area contributed by atoms with Crippen LogP contribution in [0.2, 0.25) is 0 Å². The quantitative estimate of drug-likeness (QED) is 0.757. The van der Waals surface area contributed by atoms with Gasteiger partial charge >= 0.3 is 0 Å². The number of hydrogen-bond acceptors (Lipinski definition) is 4. The number of sulfone groups is 1. The van der Waals surface area contributed by atoms with Gasteiger partial charge in [-0.05, 0) is 30.7 Å². The van der Waals surface area contributed by atoms with E-state index in [4.69, 9.17) is 10.5 Å². The summed E-state index contributed by atoms with van der Waals surface area (Å²) >= 11 is 0. The van der Waals surface area contributed by atoms with Crippen LogP contribution in [-0.2, 0) is 9.84 Å². The molecule has 0 saturated heterocycles. The Morgan fingerprint density at radius 1 is 1.18 bits per heavy atom. The van der Waals surface area contributed by atoms with Gasteiger partial charge in [-0.3, -0.25) is 0 Å². The minimum absolute atomic E-state index is 0.0668. The number of nitrogens with two attached hydrogens (primary N) is 1. The lowest BCUT2D eigenvalue weighted by Crippen LogP contribution is -2.17. The van der Waals surface area contributed by atoms with Gasteiger partial charge in [0.25, 0.3) is 0 Å². The van der Waals surface area contributed by atoms with Crippen LogP contribution < -0.4 is 10.5 Å². The van der Waals surface area contributed by atoms with Crippen LogP contribution in [0.1, 0.15) is 19.8 Å². The van der Waals surface area contributed by atoms with E-state index in [-0.39, 0.29) is 18.1 Å². The molecule has 0 aromatic heterocycles. The summed E-state index contributed by atoms with van der Waals surface area (Å²) in [5.41, 5.74) is 6.19. The Kier molecular flexibility index (Phi) is 5.28. The van der Waals surface area contributed by atoms with E-state index in [2.05, 4.69) is 0 Å². The van der Waals surface area contributed by atoms with Gasteiger partial charge in [0.15, 0.2) is 9.84 Å². The number of hydrogen-bond donors (Lipinski definition) is 1. The van der Waals surface area contributed by atoms with Gasteiger partial charge in [0.1, 0.15) is 12.4 Å². The molecule has 0 bridgehead atoms. The van der Waals surface area contributed by atoms with Crippen molar-refractivity contribution in [2.24, 2.45) is 0 Å². The maximum Gasteiger partial charge on any atom is 0.153 e. The third-order valence-electron chi connectivity index (χ3n) is 2.35. The average Bonchev–Trinajstić information content (AvgIpc) is 2.29. The van der Waals surface area contributed by atoms with E-state index >= 15 is 0 Å². The third-order valence-corrected chi connectivity index (χ3v) is 4.05. The summed E-state index contributed by atoms with van der Waals surface area (Å²) in [5.74, 6) is 0.955. The molecule has 0 radical (unpaired) electrons. The minimum Gasteiger partial charge on any atom is -0.493 e. The molecule has 0 heterocycles. The molecule has 0 aliphatic rings. The number of nitrogen functional groups attached to an aromatic ring is 1. The molecule has 2 N–H and O–H groups in total. The van der Waals surface area contributed by atoms with E-state index in [0.717, 1.165) is 6.42 Å². The Bertz CT molecular complexity index is 426. The maximum atomic E-state index is 11.5. The van der Waals surface area contributed by atoms with Crippen molar-refractivity contribution < 1.29 is 13.2 Å². The Morgan fingerprint density at radius 2 is 1.82 bits per heavy atom. The van der Waals surface area contributed by atoms with Crippen molar-refractivity contribution in [3.63, 3.8) is 0 Å². The smallest absolute Gasteiger partial charge is 0.153 e. The molecule has 5 heteroatoms. The highest BCUT2D eigenvalue weighted by Crippen LogP contribution is 2.13. The van der Waals surface area contributed by atoms with Crippen LogP contribution >= 0.6 is 0 Å². The first kappa shape index (κ1) is 13.8. The number of benzene rings is 1. The van der Waals surface area contributed by atoms with Crippen LogP contribution in [0.4, 0.5) is 5.69 Å². The van der Waals surface area contributed by atoms with Crippen LogP contribution in [0.15, 0.2) is 24.3 Å². The number of ether oxygens (including phenoxy) is 1. The standard InChI is InChI=1S/C12H19NO3S/c1-2-3-9-17(14,15)10-8-16-12-6-4-11(13)5-7-12/h4-7H,2-3,8-10,13H2,1H3. The van der Waals surface area contributed by atoms with E-state index in [0.29, 0.717) is 17.9 Å². The zero-order valence-electron chi connectivity index (χ0n) is 10.1. The monoisotopic (exact) mass is 257 g/mol. The van der Waals surface area contributed by atoms with Crippen LogP contribution in [0.25, 0.3) is 0 Å². The van der Waals surface area contributed by atoms with Crippen LogP contribution in [-0.4, -0.2) is 26.5 Å². The highest BCUT2D eigenvalue weighted by molar-refractivity contribution is 7.91. The van der Waals surface area contributed by atoms with Crippen LogP contribution in [0, 0.1) is 0 Å². The number of unbranched alkanes of at least 4 members (excludes halogenated alkanes) is 1. The Balaban J connectivity index is 2.34. The molecular weight excluding hydrogens is 238 g/mol. The summed E-state index contributed by atoms with van der Waals surface area (Å²) in [6.45, 7) is 2.16. The van der Waals surface area contributed by atoms with Gasteiger partial charge in [0, 0.05) is 5.69 Å². The van der Waals surface area contributed by atoms with Crippen molar-refractivity contribution in [3.8, 4) is 5.75 Å². The van der Waals surface area contributed by atoms with E-state index < -0.39 is 9.84 Å². The van der Waals surface area contributed by atoms with Crippen molar-refractivity contribution in [2.45, 2.75) is 19.8 Å². The Morgan fingerprint density at radius 3 is 2.41 bits per heavy atom. The SMILES string of the molecule is CCCCS(=O)(=O)CCOc1ccc(N)cc1. The fourth-order valence-electron chi connectivity index (χ4n) is 1.32. The maximum absolute atomic E-state index is 11.5. The van der Waals surface area contributed by atoms with E-state index in [1.54, 1.807) is 24.3 Å². The highest BCUT2D eigenvalue weighted by Gasteiger charge is 2.09. The third kappa shape index (κ3) is 5.58. The molecule has 17 heavy (non-hydrogen) atoms. The van der Waals surface area contributed by atoms with E-state index in [9.17, 15) is 8.42 Å². The second-order valence-electron chi connectivity index (χ2n) is 3.92. The second kappa shape index (κ2) is 6.49. The van der Waals surface area contributed by atoms with E-state index in [1.165, 1.54) is 0 Å². The summed E-state index contributed by atoms with van der Waals surface area (Å²) in [6.07, 6.45) is 1.60. The molecule has 1 aromatic carbocycles. The summed E-state index contributed by atoms with van der Waals surface area (Å²) in [6, 6.07) is 6.91. The van der Waals surface area contributed by atoms with Crippen molar-refractivity contribution in [1.82, 2.24) is 0 Å². The molecule has 0 atom stereocenters. The molecule has 4 nitrogen and oxygen atoms in total. The molecule has 0 amide bonds. The zero-order valence-corrected chi connectivity index (χ0v) is 10.9. The van der Waals surface area contributed by atoms with Crippen molar-refractivity contribution in [3.05, 3.63) is 24.3 Å². The summed E-state index contributed by atoms with van der Waals surface area (Å²) in [4.78, 5) is 0. The van der Waals surface area contributed by atoms with Gasteiger partial charge in [0.05, 0.1) is 11.5 Å². The predicted octanol–water partition coefficient (Wildman–Crippen LogP) is 1.86. The lowest BCUT2D eigenvalue weighted by molar-refractivity contribution is 0.341. The highest BCUT2D eigenvalue weighted by atomic mass is 32.2. The molecule has 0 fully saturated rings. The van der Waals surface area contributed by atoms with Gasteiger partial charge in [-0.1, -0.05) is 13.3 Å². The summed E-state index contributed by atoms with van der Waals surface area (Å²) in [7, 11) is -2.97. The first-order valence-electron chi connectivity index (χ1n) is 5.72. The second-order valence-corrected chi connectivity index (χ2v) is 6.23. The summed E-state index contributed by atoms with van der Waals surface area (Å²) in [5, 5.41) is 0. The van der Waals surface area contributed by atoms with Crippen molar-refractivity contribution in [1.29, 1.82) is 0 Å². The van der Waals surface area contributed by atoms with Gasteiger partial charge < -0.3 is 10.5 Å². The van der Waals surface area contributed by atoms with Gasteiger partial charge in [-0.15, -0.1) is 0 Å². The molecule has 0 spiro atoms. The fourth-order valence-corrected chi connectivity index (χ4v) is 2.59. The van der Waals surface area contributed by atoms with Crippen LogP contribution in [0.5, 0.6) is 5.75 Å². The van der Waals surface area contributed by atoms with Crippen molar-refractivity contribution >= 4 is 15.5 Å². The molecule has 0 saturated carbocycles. The Hall–Kier alpha value is -1.23. The molecule has 0 aliphatic carbocycles. The first-order valence-corrected chi connectivity index (χ1v) is 7.54. The lowest BCUT2D eigenvalue weighted by Gasteiger charge is -2.07. The fraction of sp³-hybridized carbons (Fsp3) is 0.500. The lowest BCUT2D eigenvalue weighted by atomic mass is 10.3. The molecule has 1 aromatic rings. The summed E-state index contributed by atoms with van der Waals surface area (Å²) < 4.78 is 28.4. The molecule has 0 aliphatic heterocycles. The van der Waals surface area contributed by atoms with Crippen molar-refractivity contribution in [2.75, 3.05) is 23.8 Å². The normalized spacial score (nSPS) is 11.4. The van der Waals surface area contributed by atoms with Gasteiger partial charge in [0.2, 0.25) is 0 Å². The minimum atomic E-state index is -2.97. The average molecular weight is 257 g/mol. The van der Waals surface area contributed by atoms with Crippen LogP contribution in [0.3, 0.4) is 0 Å². The Labute approximate surface area is 103 Å².